The lowest BCUT2D eigenvalue weighted by atomic mass is 10.2. The zero-order valence-electron chi connectivity index (χ0n) is 5.77. The molecule has 1 aromatic rings. The van der Waals surface area contributed by atoms with Crippen LogP contribution >= 0.6 is 23.2 Å². The molecular formula is C9H6Cl2. The fourth-order valence-electron chi connectivity index (χ4n) is 0.789. The molecule has 1 rings (SSSR count). The van der Waals surface area contributed by atoms with Gasteiger partial charge in [0.15, 0.2) is 0 Å². The highest BCUT2D eigenvalue weighted by Crippen LogP contribution is 2.20. The zero-order valence-corrected chi connectivity index (χ0v) is 7.28. The summed E-state index contributed by atoms with van der Waals surface area (Å²) in [6.45, 7) is 0. The highest BCUT2D eigenvalue weighted by atomic mass is 35.5. The van der Waals surface area contributed by atoms with Crippen molar-refractivity contribution in [1.29, 1.82) is 0 Å². The van der Waals surface area contributed by atoms with Gasteiger partial charge in [0.1, 0.15) is 0 Å². The Morgan fingerprint density at radius 3 is 2.73 bits per heavy atom. The van der Waals surface area contributed by atoms with Crippen LogP contribution in [0.3, 0.4) is 0 Å². The molecule has 0 aromatic heterocycles. The molecule has 0 aliphatic heterocycles. The molecule has 1 aromatic carbocycles. The van der Waals surface area contributed by atoms with Crippen LogP contribution in [0.4, 0.5) is 0 Å². The van der Waals surface area contributed by atoms with Gasteiger partial charge in [-0.1, -0.05) is 23.2 Å². The van der Waals surface area contributed by atoms with Crippen LogP contribution in [0.1, 0.15) is 5.56 Å². The van der Waals surface area contributed by atoms with Crippen molar-refractivity contribution in [2.45, 2.75) is 6.42 Å². The Balaban J connectivity index is 3.05. The molecule has 0 spiro atoms. The van der Waals surface area contributed by atoms with E-state index in [4.69, 9.17) is 29.6 Å². The first-order valence-corrected chi connectivity index (χ1v) is 3.87. The Hall–Kier alpha value is -0.640. The smallest absolute Gasteiger partial charge is 0.0448 e. The summed E-state index contributed by atoms with van der Waals surface area (Å²) in [5.41, 5.74) is 0.904. The maximum absolute atomic E-state index is 5.82. The van der Waals surface area contributed by atoms with E-state index in [1.54, 1.807) is 18.2 Å². The molecule has 11 heavy (non-hydrogen) atoms. The summed E-state index contributed by atoms with van der Waals surface area (Å²) >= 11 is 11.5. The van der Waals surface area contributed by atoms with E-state index in [2.05, 4.69) is 5.92 Å². The van der Waals surface area contributed by atoms with Crippen molar-refractivity contribution in [3.05, 3.63) is 33.8 Å². The molecule has 0 radical (unpaired) electrons. The Labute approximate surface area is 76.1 Å². The summed E-state index contributed by atoms with van der Waals surface area (Å²) in [7, 11) is 0. The van der Waals surface area contributed by atoms with Gasteiger partial charge in [-0.2, -0.15) is 0 Å². The van der Waals surface area contributed by atoms with Gasteiger partial charge in [0.25, 0.3) is 0 Å². The fraction of sp³-hybridized carbons (Fsp3) is 0.111. The highest BCUT2D eigenvalue weighted by molar-refractivity contribution is 6.33. The quantitative estimate of drug-likeness (QED) is 0.589. The van der Waals surface area contributed by atoms with E-state index in [-0.39, 0.29) is 0 Å². The minimum absolute atomic E-state index is 0.527. The van der Waals surface area contributed by atoms with Crippen molar-refractivity contribution in [3.8, 4) is 12.3 Å². The predicted molar refractivity (Wildman–Crippen MR) is 49.0 cm³/mol. The first kappa shape index (κ1) is 8.46. The number of terminal acetylenes is 1. The molecule has 0 aliphatic rings. The summed E-state index contributed by atoms with van der Waals surface area (Å²) < 4.78 is 0. The third-order valence-electron chi connectivity index (χ3n) is 1.30. The molecule has 0 amide bonds. The number of benzene rings is 1. The summed E-state index contributed by atoms with van der Waals surface area (Å²) in [6.07, 6.45) is 5.65. The topological polar surface area (TPSA) is 0 Å². The van der Waals surface area contributed by atoms with E-state index in [0.717, 1.165) is 5.56 Å². The SMILES string of the molecule is C#CCc1cc(Cl)ccc1Cl. The van der Waals surface area contributed by atoms with Crippen molar-refractivity contribution in [3.63, 3.8) is 0 Å². The Kier molecular flexibility index (Phi) is 2.82. The number of halogens is 2. The van der Waals surface area contributed by atoms with Crippen molar-refractivity contribution >= 4 is 23.2 Å². The summed E-state index contributed by atoms with van der Waals surface area (Å²) in [5.74, 6) is 2.51. The molecule has 0 N–H and O–H groups in total. The molecule has 56 valence electrons. The van der Waals surface area contributed by atoms with Gasteiger partial charge in [-0.25, -0.2) is 0 Å². The van der Waals surface area contributed by atoms with Crippen LogP contribution in [-0.2, 0) is 6.42 Å². The van der Waals surface area contributed by atoms with Crippen LogP contribution in [0.15, 0.2) is 18.2 Å². The first-order valence-electron chi connectivity index (χ1n) is 3.11. The van der Waals surface area contributed by atoms with E-state index >= 15 is 0 Å². The Morgan fingerprint density at radius 2 is 2.09 bits per heavy atom. The van der Waals surface area contributed by atoms with Gasteiger partial charge in [0.05, 0.1) is 0 Å². The molecule has 0 fully saturated rings. The number of hydrogen-bond donors (Lipinski definition) is 0. The van der Waals surface area contributed by atoms with Crippen LogP contribution in [0.5, 0.6) is 0 Å². The van der Waals surface area contributed by atoms with Crippen molar-refractivity contribution in [2.24, 2.45) is 0 Å². The van der Waals surface area contributed by atoms with E-state index in [9.17, 15) is 0 Å². The number of hydrogen-bond acceptors (Lipinski definition) is 0. The van der Waals surface area contributed by atoms with Gasteiger partial charge in [0.2, 0.25) is 0 Å². The lowest BCUT2D eigenvalue weighted by molar-refractivity contribution is 1.32. The summed E-state index contributed by atoms with van der Waals surface area (Å²) in [5, 5.41) is 1.34. The lowest BCUT2D eigenvalue weighted by Gasteiger charge is -1.98. The Morgan fingerprint density at radius 1 is 1.36 bits per heavy atom. The van der Waals surface area contributed by atoms with Crippen LogP contribution in [0, 0.1) is 12.3 Å². The first-order chi connectivity index (χ1) is 5.24. The van der Waals surface area contributed by atoms with Crippen molar-refractivity contribution in [2.75, 3.05) is 0 Å². The van der Waals surface area contributed by atoms with E-state index in [1.807, 2.05) is 0 Å². The van der Waals surface area contributed by atoms with Crippen LogP contribution in [0.25, 0.3) is 0 Å². The monoisotopic (exact) mass is 184 g/mol. The summed E-state index contributed by atoms with van der Waals surface area (Å²) in [4.78, 5) is 0. The van der Waals surface area contributed by atoms with Crippen LogP contribution < -0.4 is 0 Å². The second-order valence-electron chi connectivity index (χ2n) is 2.12. The zero-order chi connectivity index (χ0) is 8.27. The van der Waals surface area contributed by atoms with Crippen LogP contribution in [-0.4, -0.2) is 0 Å². The minimum atomic E-state index is 0.527. The van der Waals surface area contributed by atoms with Gasteiger partial charge >= 0.3 is 0 Å². The van der Waals surface area contributed by atoms with Gasteiger partial charge in [-0.05, 0) is 23.8 Å². The fourth-order valence-corrected chi connectivity index (χ4v) is 1.17. The molecule has 0 atom stereocenters. The second kappa shape index (κ2) is 3.67. The maximum Gasteiger partial charge on any atom is 0.0448 e. The van der Waals surface area contributed by atoms with Gasteiger partial charge in [0, 0.05) is 16.5 Å². The molecule has 0 heterocycles. The second-order valence-corrected chi connectivity index (χ2v) is 2.96. The predicted octanol–water partition coefficient (Wildman–Crippen LogP) is 3.17. The minimum Gasteiger partial charge on any atom is -0.120 e. The molecule has 0 nitrogen and oxygen atoms in total. The third-order valence-corrected chi connectivity index (χ3v) is 1.90. The third kappa shape index (κ3) is 2.15. The van der Waals surface area contributed by atoms with Gasteiger partial charge in [-0.15, -0.1) is 12.3 Å². The molecule has 0 saturated heterocycles. The largest absolute Gasteiger partial charge is 0.120 e. The molecule has 0 bridgehead atoms. The van der Waals surface area contributed by atoms with E-state index < -0.39 is 0 Å². The van der Waals surface area contributed by atoms with Crippen molar-refractivity contribution in [1.82, 2.24) is 0 Å². The molecule has 0 aliphatic carbocycles. The van der Waals surface area contributed by atoms with Gasteiger partial charge < -0.3 is 0 Å². The highest BCUT2D eigenvalue weighted by Gasteiger charge is 1.98. The standard InChI is InChI=1S/C9H6Cl2/c1-2-3-7-6-8(10)4-5-9(7)11/h1,4-6H,3H2. The molecule has 2 heteroatoms. The molecule has 0 unspecified atom stereocenters. The lowest BCUT2D eigenvalue weighted by Crippen LogP contribution is -1.82. The average Bonchev–Trinajstić information content (AvgIpc) is 1.98. The summed E-state index contributed by atoms with van der Waals surface area (Å²) in [6, 6.07) is 5.27. The van der Waals surface area contributed by atoms with E-state index in [0.29, 0.717) is 16.5 Å². The van der Waals surface area contributed by atoms with Crippen LogP contribution in [0.2, 0.25) is 10.0 Å². The molecular weight excluding hydrogens is 179 g/mol. The normalized spacial score (nSPS) is 9.18. The Bertz CT molecular complexity index is 297. The average molecular weight is 185 g/mol. The van der Waals surface area contributed by atoms with E-state index in [1.165, 1.54) is 0 Å². The maximum atomic E-state index is 5.82. The molecule has 0 saturated carbocycles. The van der Waals surface area contributed by atoms with Gasteiger partial charge in [-0.3, -0.25) is 0 Å². The van der Waals surface area contributed by atoms with Crippen molar-refractivity contribution < 1.29 is 0 Å². The number of rotatable bonds is 1.